The van der Waals surface area contributed by atoms with Gasteiger partial charge in [-0.05, 0) is 37.0 Å². The zero-order chi connectivity index (χ0) is 14.4. The van der Waals surface area contributed by atoms with E-state index in [1.165, 1.54) is 12.1 Å². The number of rotatable bonds is 6. The fraction of sp³-hybridized carbons (Fsp3) is 0.571. The van der Waals surface area contributed by atoms with E-state index in [0.29, 0.717) is 23.0 Å². The lowest BCUT2D eigenvalue weighted by Gasteiger charge is -2.22. The average Bonchev–Trinajstić information content (AvgIpc) is 2.42. The Morgan fingerprint density at radius 3 is 3.00 bits per heavy atom. The topological polar surface area (TPSA) is 30.5 Å². The molecule has 1 aliphatic heterocycles. The highest BCUT2D eigenvalue weighted by Crippen LogP contribution is 2.24. The quantitative estimate of drug-likeness (QED) is 0.873. The Labute approximate surface area is 122 Å². The molecule has 0 aromatic heterocycles. The molecule has 112 valence electrons. The molecule has 1 aromatic carbocycles. The van der Waals surface area contributed by atoms with Crippen molar-refractivity contribution in [3.05, 3.63) is 28.8 Å². The second kappa shape index (κ2) is 7.76. The van der Waals surface area contributed by atoms with Crippen LogP contribution >= 0.6 is 11.6 Å². The van der Waals surface area contributed by atoms with Gasteiger partial charge < -0.3 is 14.8 Å². The van der Waals surface area contributed by atoms with Crippen molar-refractivity contribution in [2.24, 2.45) is 5.92 Å². The largest absolute Gasteiger partial charge is 0.434 e. The Hall–Kier alpha value is -0.910. The van der Waals surface area contributed by atoms with Crippen LogP contribution in [0.3, 0.4) is 0 Å². The van der Waals surface area contributed by atoms with Crippen LogP contribution < -0.4 is 10.1 Å². The lowest BCUT2D eigenvalue weighted by atomic mass is 10.0. The molecule has 1 heterocycles. The van der Waals surface area contributed by atoms with Gasteiger partial charge in [0.25, 0.3) is 0 Å². The minimum Gasteiger partial charge on any atom is -0.434 e. The molecule has 1 N–H and O–H groups in total. The third-order valence-electron chi connectivity index (χ3n) is 3.24. The molecule has 20 heavy (non-hydrogen) atoms. The molecular weight excluding hydrogens is 288 g/mol. The summed E-state index contributed by atoms with van der Waals surface area (Å²) in [6, 6.07) is 4.65. The monoisotopic (exact) mass is 305 g/mol. The molecule has 0 bridgehead atoms. The molecule has 0 amide bonds. The summed E-state index contributed by atoms with van der Waals surface area (Å²) in [6.45, 7) is -0.0125. The highest BCUT2D eigenvalue weighted by molar-refractivity contribution is 6.30. The molecule has 1 aromatic rings. The number of hydrogen-bond acceptors (Lipinski definition) is 3. The average molecular weight is 306 g/mol. The SMILES string of the molecule is FC(F)Oc1ccc(Cl)cc1CNCC1CCCOC1. The number of nitrogens with one attached hydrogen (secondary N) is 1. The van der Waals surface area contributed by atoms with Crippen molar-refractivity contribution in [2.75, 3.05) is 19.8 Å². The number of benzene rings is 1. The molecule has 1 atom stereocenters. The Bertz CT molecular complexity index is 426. The van der Waals surface area contributed by atoms with Crippen LogP contribution in [0.15, 0.2) is 18.2 Å². The summed E-state index contributed by atoms with van der Waals surface area (Å²) in [4.78, 5) is 0. The van der Waals surface area contributed by atoms with Gasteiger partial charge in [0, 0.05) is 30.3 Å². The van der Waals surface area contributed by atoms with Crippen molar-refractivity contribution in [3.8, 4) is 5.75 Å². The van der Waals surface area contributed by atoms with E-state index >= 15 is 0 Å². The van der Waals surface area contributed by atoms with Crippen molar-refractivity contribution in [3.63, 3.8) is 0 Å². The minimum absolute atomic E-state index is 0.164. The molecular formula is C14H18ClF2NO2. The van der Waals surface area contributed by atoms with Gasteiger partial charge in [0.1, 0.15) is 5.75 Å². The van der Waals surface area contributed by atoms with Gasteiger partial charge in [-0.25, -0.2) is 0 Å². The van der Waals surface area contributed by atoms with E-state index in [1.54, 1.807) is 6.07 Å². The van der Waals surface area contributed by atoms with Gasteiger partial charge in [0.15, 0.2) is 0 Å². The maximum Gasteiger partial charge on any atom is 0.387 e. The first-order chi connectivity index (χ1) is 9.65. The van der Waals surface area contributed by atoms with E-state index in [2.05, 4.69) is 10.1 Å². The van der Waals surface area contributed by atoms with Gasteiger partial charge >= 0.3 is 6.61 Å². The molecule has 0 saturated carbocycles. The van der Waals surface area contributed by atoms with Gasteiger partial charge in [0.2, 0.25) is 0 Å². The van der Waals surface area contributed by atoms with E-state index in [1.807, 2.05) is 0 Å². The predicted molar refractivity (Wildman–Crippen MR) is 73.3 cm³/mol. The van der Waals surface area contributed by atoms with Gasteiger partial charge in [0.05, 0.1) is 6.61 Å². The Kier molecular flexibility index (Phi) is 6.01. The van der Waals surface area contributed by atoms with Gasteiger partial charge in [-0.1, -0.05) is 11.6 Å². The van der Waals surface area contributed by atoms with Crippen LogP contribution in [0.25, 0.3) is 0 Å². The van der Waals surface area contributed by atoms with Crippen LogP contribution in [0, 0.1) is 5.92 Å². The lowest BCUT2D eigenvalue weighted by molar-refractivity contribution is -0.0505. The smallest absolute Gasteiger partial charge is 0.387 e. The number of alkyl halides is 2. The highest BCUT2D eigenvalue weighted by Gasteiger charge is 2.14. The maximum atomic E-state index is 12.3. The molecule has 0 spiro atoms. The van der Waals surface area contributed by atoms with Gasteiger partial charge in [-0.15, -0.1) is 0 Å². The number of hydrogen-bond donors (Lipinski definition) is 1. The summed E-state index contributed by atoms with van der Waals surface area (Å²) in [6.07, 6.45) is 2.20. The summed E-state index contributed by atoms with van der Waals surface area (Å²) in [7, 11) is 0. The zero-order valence-electron chi connectivity index (χ0n) is 11.1. The summed E-state index contributed by atoms with van der Waals surface area (Å²) in [5, 5.41) is 3.75. The molecule has 1 aliphatic rings. The molecule has 1 saturated heterocycles. The van der Waals surface area contributed by atoms with Gasteiger partial charge in [-0.2, -0.15) is 8.78 Å². The van der Waals surface area contributed by atoms with Crippen LogP contribution in [0.5, 0.6) is 5.75 Å². The lowest BCUT2D eigenvalue weighted by Crippen LogP contribution is -2.29. The molecule has 1 fully saturated rings. The van der Waals surface area contributed by atoms with Crippen molar-refractivity contribution in [1.82, 2.24) is 5.32 Å². The second-order valence-corrected chi connectivity index (χ2v) is 5.28. The van der Waals surface area contributed by atoms with E-state index in [4.69, 9.17) is 16.3 Å². The first-order valence-electron chi connectivity index (χ1n) is 6.67. The van der Waals surface area contributed by atoms with Gasteiger partial charge in [-0.3, -0.25) is 0 Å². The van der Waals surface area contributed by atoms with Crippen LogP contribution in [0.4, 0.5) is 8.78 Å². The minimum atomic E-state index is -2.83. The summed E-state index contributed by atoms with van der Waals surface area (Å²) < 4.78 is 34.5. The fourth-order valence-corrected chi connectivity index (χ4v) is 2.47. The van der Waals surface area contributed by atoms with Crippen LogP contribution in [0.1, 0.15) is 18.4 Å². The molecule has 2 rings (SSSR count). The number of halogens is 3. The van der Waals surface area contributed by atoms with Crippen LogP contribution in [-0.4, -0.2) is 26.4 Å². The Balaban J connectivity index is 1.88. The maximum absolute atomic E-state index is 12.3. The predicted octanol–water partition coefficient (Wildman–Crippen LogP) is 3.46. The normalized spacial score (nSPS) is 19.3. The third kappa shape index (κ3) is 4.89. The fourth-order valence-electron chi connectivity index (χ4n) is 2.28. The van der Waals surface area contributed by atoms with E-state index < -0.39 is 6.61 Å². The molecule has 0 aliphatic carbocycles. The van der Waals surface area contributed by atoms with E-state index in [-0.39, 0.29) is 5.75 Å². The molecule has 1 unspecified atom stereocenters. The van der Waals surface area contributed by atoms with Crippen molar-refractivity contribution < 1.29 is 18.3 Å². The molecule has 3 nitrogen and oxygen atoms in total. The highest BCUT2D eigenvalue weighted by atomic mass is 35.5. The first kappa shape index (κ1) is 15.5. The molecule has 0 radical (unpaired) electrons. The van der Waals surface area contributed by atoms with Crippen molar-refractivity contribution in [2.45, 2.75) is 26.0 Å². The standard InChI is InChI=1S/C14H18ClF2NO2/c15-12-3-4-13(20-14(16)17)11(6-12)8-18-7-10-2-1-5-19-9-10/h3-4,6,10,14,18H,1-2,5,7-9H2. The van der Waals surface area contributed by atoms with E-state index in [9.17, 15) is 8.78 Å². The van der Waals surface area contributed by atoms with Crippen LogP contribution in [-0.2, 0) is 11.3 Å². The second-order valence-electron chi connectivity index (χ2n) is 4.84. The van der Waals surface area contributed by atoms with E-state index in [0.717, 1.165) is 32.6 Å². The Morgan fingerprint density at radius 2 is 2.30 bits per heavy atom. The summed E-state index contributed by atoms with van der Waals surface area (Å²) in [5.74, 6) is 0.638. The zero-order valence-corrected chi connectivity index (χ0v) is 11.8. The van der Waals surface area contributed by atoms with Crippen molar-refractivity contribution in [1.29, 1.82) is 0 Å². The van der Waals surface area contributed by atoms with Crippen LogP contribution in [0.2, 0.25) is 5.02 Å². The van der Waals surface area contributed by atoms with Crippen molar-refractivity contribution >= 4 is 11.6 Å². The Morgan fingerprint density at radius 1 is 1.45 bits per heavy atom. The molecule has 6 heteroatoms. The number of ether oxygens (including phenoxy) is 2. The third-order valence-corrected chi connectivity index (χ3v) is 3.48. The summed E-state index contributed by atoms with van der Waals surface area (Å²) in [5.41, 5.74) is 0.634. The first-order valence-corrected chi connectivity index (χ1v) is 7.04. The summed E-state index contributed by atoms with van der Waals surface area (Å²) >= 11 is 5.89.